The molecule has 3 rings (SSSR count). The molecule has 0 unspecified atom stereocenters. The average Bonchev–Trinajstić information content (AvgIpc) is 2.87. The van der Waals surface area contributed by atoms with Gasteiger partial charge in [0, 0.05) is 33.9 Å². The Morgan fingerprint density at radius 2 is 2.14 bits per heavy atom. The lowest BCUT2D eigenvalue weighted by Crippen LogP contribution is -1.94. The first-order valence-corrected chi connectivity index (χ1v) is 7.67. The van der Waals surface area contributed by atoms with Gasteiger partial charge in [0.25, 0.3) is 6.43 Å². The summed E-state index contributed by atoms with van der Waals surface area (Å²) in [4.78, 5) is 16.7. The molecule has 3 heterocycles. The maximum atomic E-state index is 13.3. The van der Waals surface area contributed by atoms with Crippen LogP contribution in [-0.4, -0.2) is 19.9 Å². The van der Waals surface area contributed by atoms with E-state index in [-0.39, 0.29) is 5.56 Å². The summed E-state index contributed by atoms with van der Waals surface area (Å²) in [5.41, 5.74) is 1.56. The highest BCUT2D eigenvalue weighted by Gasteiger charge is 2.22. The van der Waals surface area contributed by atoms with Crippen LogP contribution in [0.25, 0.3) is 11.0 Å². The van der Waals surface area contributed by atoms with Crippen molar-refractivity contribution in [3.8, 4) is 0 Å². The molecule has 0 aliphatic carbocycles. The fourth-order valence-corrected chi connectivity index (χ4v) is 3.19. The van der Waals surface area contributed by atoms with Gasteiger partial charge >= 0.3 is 0 Å². The molecule has 3 aromatic heterocycles. The number of hydrogen-bond donors (Lipinski definition) is 1. The Morgan fingerprint density at radius 3 is 2.77 bits per heavy atom. The number of halogens is 2. The Kier molecular flexibility index (Phi) is 4.06. The Balaban J connectivity index is 2.09. The van der Waals surface area contributed by atoms with Gasteiger partial charge in [-0.05, 0) is 37.2 Å². The number of aromatic nitrogens is 4. The minimum Gasteiger partial charge on any atom is -0.343 e. The van der Waals surface area contributed by atoms with Crippen molar-refractivity contribution in [1.29, 1.82) is 0 Å². The van der Waals surface area contributed by atoms with E-state index in [9.17, 15) is 8.78 Å². The second-order valence-corrected chi connectivity index (χ2v) is 5.82. The average molecular weight is 320 g/mol. The van der Waals surface area contributed by atoms with Crippen LogP contribution in [0, 0.1) is 6.92 Å². The molecule has 4 nitrogen and oxygen atoms in total. The summed E-state index contributed by atoms with van der Waals surface area (Å²) in [6.45, 7) is 3.57. The first-order valence-electron chi connectivity index (χ1n) is 6.85. The van der Waals surface area contributed by atoms with Crippen LogP contribution in [0.5, 0.6) is 0 Å². The van der Waals surface area contributed by atoms with Gasteiger partial charge in [-0.2, -0.15) is 0 Å². The van der Waals surface area contributed by atoms with E-state index in [1.165, 1.54) is 11.8 Å². The quantitative estimate of drug-likeness (QED) is 0.728. The van der Waals surface area contributed by atoms with Crippen molar-refractivity contribution in [2.24, 2.45) is 0 Å². The van der Waals surface area contributed by atoms with E-state index in [0.29, 0.717) is 34.0 Å². The fraction of sp³-hybridized carbons (Fsp3) is 0.267. The van der Waals surface area contributed by atoms with Crippen molar-refractivity contribution >= 4 is 22.8 Å². The van der Waals surface area contributed by atoms with E-state index in [1.54, 1.807) is 19.3 Å². The van der Waals surface area contributed by atoms with Crippen molar-refractivity contribution in [3.63, 3.8) is 0 Å². The van der Waals surface area contributed by atoms with Gasteiger partial charge in [-0.1, -0.05) is 6.92 Å². The molecule has 0 bridgehead atoms. The molecule has 0 aromatic carbocycles. The number of alkyl halides is 2. The Labute approximate surface area is 130 Å². The van der Waals surface area contributed by atoms with Crippen molar-refractivity contribution in [2.75, 3.05) is 0 Å². The van der Waals surface area contributed by atoms with Crippen LogP contribution in [0.15, 0.2) is 34.6 Å². The number of aryl methyl sites for hydroxylation is 2. The van der Waals surface area contributed by atoms with Crippen LogP contribution in [0.2, 0.25) is 0 Å². The highest BCUT2D eigenvalue weighted by Crippen LogP contribution is 2.34. The third kappa shape index (κ3) is 2.68. The normalized spacial score (nSPS) is 11.5. The zero-order valence-electron chi connectivity index (χ0n) is 12.1. The van der Waals surface area contributed by atoms with Gasteiger partial charge in [0.1, 0.15) is 5.65 Å². The molecule has 0 saturated heterocycles. The minimum atomic E-state index is -2.54. The first-order chi connectivity index (χ1) is 10.6. The van der Waals surface area contributed by atoms with Gasteiger partial charge in [0.15, 0.2) is 5.16 Å². The van der Waals surface area contributed by atoms with Crippen LogP contribution in [0.1, 0.15) is 30.3 Å². The van der Waals surface area contributed by atoms with Gasteiger partial charge in [-0.3, -0.25) is 4.98 Å². The molecule has 0 spiro atoms. The molecule has 0 saturated carbocycles. The number of pyridine rings is 1. The number of fused-ring (bicyclic) bond motifs is 1. The van der Waals surface area contributed by atoms with E-state index in [2.05, 4.69) is 19.9 Å². The molecular weight excluding hydrogens is 306 g/mol. The predicted octanol–water partition coefficient (Wildman–Crippen LogP) is 4.31. The smallest absolute Gasteiger partial charge is 0.266 e. The van der Waals surface area contributed by atoms with Crippen molar-refractivity contribution in [1.82, 2.24) is 19.9 Å². The zero-order chi connectivity index (χ0) is 15.7. The second-order valence-electron chi connectivity index (χ2n) is 4.78. The largest absolute Gasteiger partial charge is 0.343 e. The highest BCUT2D eigenvalue weighted by molar-refractivity contribution is 7.99. The fourth-order valence-electron chi connectivity index (χ4n) is 2.40. The number of rotatable bonds is 4. The van der Waals surface area contributed by atoms with Gasteiger partial charge in [-0.25, -0.2) is 18.7 Å². The number of nitrogens with zero attached hydrogens (tertiary/aromatic N) is 3. The number of H-pyrrole nitrogens is 1. The van der Waals surface area contributed by atoms with Crippen LogP contribution in [0.4, 0.5) is 8.78 Å². The summed E-state index contributed by atoms with van der Waals surface area (Å²) in [7, 11) is 0. The Bertz CT molecular complexity index is 802. The summed E-state index contributed by atoms with van der Waals surface area (Å²) in [5.74, 6) is 0. The van der Waals surface area contributed by atoms with E-state index in [4.69, 9.17) is 0 Å². The van der Waals surface area contributed by atoms with Gasteiger partial charge in [0.05, 0.1) is 5.69 Å². The minimum absolute atomic E-state index is 0.0212. The van der Waals surface area contributed by atoms with E-state index < -0.39 is 6.43 Å². The van der Waals surface area contributed by atoms with Crippen molar-refractivity contribution in [3.05, 3.63) is 41.5 Å². The predicted molar refractivity (Wildman–Crippen MR) is 81.3 cm³/mol. The molecule has 0 aliphatic rings. The Hall–Kier alpha value is -2.02. The van der Waals surface area contributed by atoms with Gasteiger partial charge in [0.2, 0.25) is 0 Å². The van der Waals surface area contributed by atoms with Crippen LogP contribution >= 0.6 is 11.8 Å². The van der Waals surface area contributed by atoms with Crippen molar-refractivity contribution < 1.29 is 8.78 Å². The third-order valence-electron chi connectivity index (χ3n) is 3.35. The number of nitrogens with one attached hydrogen (secondary N) is 1. The topological polar surface area (TPSA) is 54.5 Å². The lowest BCUT2D eigenvalue weighted by Gasteiger charge is -2.04. The molecular formula is C15H14F2N4S. The summed E-state index contributed by atoms with van der Waals surface area (Å²) >= 11 is 1.36. The summed E-state index contributed by atoms with van der Waals surface area (Å²) in [5, 5.41) is 0.949. The molecule has 22 heavy (non-hydrogen) atoms. The van der Waals surface area contributed by atoms with Gasteiger partial charge in [-0.15, -0.1) is 0 Å². The molecule has 0 radical (unpaired) electrons. The molecule has 3 aromatic rings. The second kappa shape index (κ2) is 6.00. The molecule has 0 amide bonds. The SMILES string of the molecule is CCc1[nH]c2nc(Sc3cccnc3)nc(C)c2c1C(F)F. The molecule has 7 heteroatoms. The maximum Gasteiger partial charge on any atom is 0.266 e. The molecule has 0 atom stereocenters. The molecule has 0 aliphatic heterocycles. The zero-order valence-corrected chi connectivity index (χ0v) is 12.9. The lowest BCUT2D eigenvalue weighted by atomic mass is 10.1. The van der Waals surface area contributed by atoms with Crippen molar-refractivity contribution in [2.45, 2.75) is 36.7 Å². The highest BCUT2D eigenvalue weighted by atomic mass is 32.2. The number of hydrogen-bond acceptors (Lipinski definition) is 4. The summed E-state index contributed by atoms with van der Waals surface area (Å²) < 4.78 is 26.6. The van der Waals surface area contributed by atoms with Gasteiger partial charge < -0.3 is 4.98 Å². The molecule has 0 fully saturated rings. The maximum absolute atomic E-state index is 13.3. The van der Waals surface area contributed by atoms with E-state index in [0.717, 1.165) is 4.90 Å². The van der Waals surface area contributed by atoms with E-state index >= 15 is 0 Å². The summed E-state index contributed by atoms with van der Waals surface area (Å²) in [6, 6.07) is 3.73. The van der Waals surface area contributed by atoms with Crippen LogP contribution in [0.3, 0.4) is 0 Å². The molecule has 114 valence electrons. The first kappa shape index (κ1) is 14.9. The third-order valence-corrected chi connectivity index (χ3v) is 4.19. The molecule has 1 N–H and O–H groups in total. The number of aromatic amines is 1. The van der Waals surface area contributed by atoms with Crippen LogP contribution in [-0.2, 0) is 6.42 Å². The summed E-state index contributed by atoms with van der Waals surface area (Å²) in [6.07, 6.45) is 1.36. The monoisotopic (exact) mass is 320 g/mol. The van der Waals surface area contributed by atoms with E-state index in [1.807, 2.05) is 19.1 Å². The van der Waals surface area contributed by atoms with Crippen LogP contribution < -0.4 is 0 Å². The lowest BCUT2D eigenvalue weighted by molar-refractivity contribution is 0.152. The standard InChI is InChI=1S/C15H14F2N4S/c1-3-10-12(13(16)17)11-8(2)19-15(21-14(11)20-10)22-9-5-4-6-18-7-9/h4-7,13H,3H2,1-2H3,(H,19,20,21). The Morgan fingerprint density at radius 1 is 1.32 bits per heavy atom.